The second-order valence-corrected chi connectivity index (χ2v) is 11.8. The molecule has 0 saturated carbocycles. The Bertz CT molecular complexity index is 1350. The number of carbonyl (C=O) groups excluding carboxylic acids is 6. The quantitative estimate of drug-likeness (QED) is 0.316. The van der Waals surface area contributed by atoms with Crippen molar-refractivity contribution in [3.05, 3.63) is 56.2 Å². The maximum Gasteiger partial charge on any atom is 0.341 e. The number of benzene rings is 1. The van der Waals surface area contributed by atoms with Crippen LogP contribution in [0.2, 0.25) is 10.0 Å². The van der Waals surface area contributed by atoms with Gasteiger partial charge in [0.05, 0.1) is 15.6 Å². The summed E-state index contributed by atoms with van der Waals surface area (Å²) in [5.74, 6) is -2.72. The summed E-state index contributed by atoms with van der Waals surface area (Å²) in [5.41, 5.74) is -0.0471. The van der Waals surface area contributed by atoms with Crippen LogP contribution in [0.1, 0.15) is 47.3 Å². The number of carbonyl (C=O) groups is 6. The molecule has 3 N–H and O–H groups in total. The molecule has 1 aromatic carbocycles. The topological polar surface area (TPSA) is 154 Å². The number of nitrogens with one attached hydrogen (secondary N) is 3. The molecule has 43 heavy (non-hydrogen) atoms. The van der Waals surface area contributed by atoms with Gasteiger partial charge in [0, 0.05) is 37.4 Å². The Kier molecular flexibility index (Phi) is 11.4. The summed E-state index contributed by atoms with van der Waals surface area (Å²) in [6.07, 6.45) is 1.42. The first kappa shape index (κ1) is 32.2. The SMILES string of the molecule is O=C(CCNC(=O)[C@@H]1CCCN2C(=O)CCC(NC(=O)NCCc3cccs3)C(=O)N12)COC(=O)c1c(Cl)cccc1Cl. The molecule has 230 valence electrons. The highest BCUT2D eigenvalue weighted by atomic mass is 35.5. The molecule has 12 nitrogen and oxygen atoms in total. The Morgan fingerprint density at radius 3 is 2.49 bits per heavy atom. The zero-order valence-corrected chi connectivity index (χ0v) is 25.4. The third-order valence-corrected chi connectivity index (χ3v) is 8.51. The van der Waals surface area contributed by atoms with Crippen molar-refractivity contribution in [3.63, 3.8) is 0 Å². The van der Waals surface area contributed by atoms with Crippen molar-refractivity contribution in [3.8, 4) is 0 Å². The number of ether oxygens (including phenoxy) is 1. The lowest BCUT2D eigenvalue weighted by atomic mass is 10.1. The molecular weight excluding hydrogens is 621 g/mol. The van der Waals surface area contributed by atoms with Crippen molar-refractivity contribution in [1.82, 2.24) is 26.0 Å². The zero-order valence-electron chi connectivity index (χ0n) is 23.1. The van der Waals surface area contributed by atoms with Gasteiger partial charge in [-0.05, 0) is 49.3 Å². The number of hydrazine groups is 1. The van der Waals surface area contributed by atoms with E-state index in [4.69, 9.17) is 27.9 Å². The fourth-order valence-electron chi connectivity index (χ4n) is 4.80. The van der Waals surface area contributed by atoms with E-state index in [2.05, 4.69) is 16.0 Å². The highest BCUT2D eigenvalue weighted by Gasteiger charge is 2.44. The van der Waals surface area contributed by atoms with E-state index in [0.717, 1.165) is 9.89 Å². The van der Waals surface area contributed by atoms with Gasteiger partial charge in [-0.3, -0.25) is 24.2 Å². The predicted octanol–water partition coefficient (Wildman–Crippen LogP) is 2.73. The van der Waals surface area contributed by atoms with E-state index >= 15 is 0 Å². The highest BCUT2D eigenvalue weighted by Crippen LogP contribution is 2.26. The number of hydrogen-bond donors (Lipinski definition) is 3. The number of amides is 5. The third-order valence-electron chi connectivity index (χ3n) is 6.94. The lowest BCUT2D eigenvalue weighted by Gasteiger charge is -2.42. The van der Waals surface area contributed by atoms with E-state index in [1.807, 2.05) is 17.5 Å². The maximum atomic E-state index is 13.5. The monoisotopic (exact) mass is 651 g/mol. The van der Waals surface area contributed by atoms with Crippen LogP contribution in [0.5, 0.6) is 0 Å². The van der Waals surface area contributed by atoms with Gasteiger partial charge >= 0.3 is 12.0 Å². The molecule has 2 fully saturated rings. The summed E-state index contributed by atoms with van der Waals surface area (Å²) in [7, 11) is 0. The van der Waals surface area contributed by atoms with Gasteiger partial charge in [0.2, 0.25) is 11.8 Å². The molecule has 0 radical (unpaired) electrons. The lowest BCUT2D eigenvalue weighted by molar-refractivity contribution is -0.176. The third kappa shape index (κ3) is 8.46. The highest BCUT2D eigenvalue weighted by molar-refractivity contribution is 7.09. The fourth-order valence-corrected chi connectivity index (χ4v) is 6.06. The van der Waals surface area contributed by atoms with E-state index in [-0.39, 0.29) is 53.9 Å². The average molecular weight is 653 g/mol. The first-order chi connectivity index (χ1) is 20.7. The van der Waals surface area contributed by atoms with E-state index in [1.165, 1.54) is 17.1 Å². The summed E-state index contributed by atoms with van der Waals surface area (Å²) >= 11 is 13.6. The Labute approximate surface area is 262 Å². The molecule has 1 aromatic heterocycles. The number of halogens is 2. The molecule has 2 saturated heterocycles. The van der Waals surface area contributed by atoms with E-state index in [1.54, 1.807) is 17.4 Å². The average Bonchev–Trinajstić information content (AvgIpc) is 3.47. The van der Waals surface area contributed by atoms with Crippen molar-refractivity contribution in [2.24, 2.45) is 0 Å². The number of fused-ring (bicyclic) bond motifs is 1. The van der Waals surface area contributed by atoms with E-state index in [9.17, 15) is 28.8 Å². The molecule has 0 spiro atoms. The summed E-state index contributed by atoms with van der Waals surface area (Å²) in [4.78, 5) is 77.7. The van der Waals surface area contributed by atoms with Crippen molar-refractivity contribution in [2.75, 3.05) is 26.2 Å². The molecule has 15 heteroatoms. The van der Waals surface area contributed by atoms with Crippen LogP contribution in [0.15, 0.2) is 35.7 Å². The number of thiophene rings is 1. The van der Waals surface area contributed by atoms with Gasteiger partial charge in [0.25, 0.3) is 5.91 Å². The molecule has 2 aromatic rings. The molecule has 0 bridgehead atoms. The second kappa shape index (κ2) is 15.2. The number of hydrogen-bond acceptors (Lipinski definition) is 8. The lowest BCUT2D eigenvalue weighted by Crippen LogP contribution is -2.64. The second-order valence-electron chi connectivity index (χ2n) is 9.93. The Morgan fingerprint density at radius 1 is 1.00 bits per heavy atom. The van der Waals surface area contributed by atoms with Crippen LogP contribution in [-0.4, -0.2) is 83.8 Å². The Morgan fingerprint density at radius 2 is 1.77 bits per heavy atom. The van der Waals surface area contributed by atoms with E-state index in [0.29, 0.717) is 25.8 Å². The van der Waals surface area contributed by atoms with Crippen molar-refractivity contribution < 1.29 is 33.5 Å². The van der Waals surface area contributed by atoms with Gasteiger partial charge in [-0.25, -0.2) is 14.6 Å². The molecule has 1 unspecified atom stereocenters. The predicted molar refractivity (Wildman–Crippen MR) is 159 cm³/mol. The fraction of sp³-hybridized carbons (Fsp3) is 0.429. The summed E-state index contributed by atoms with van der Waals surface area (Å²) < 4.78 is 5.02. The first-order valence-corrected chi connectivity index (χ1v) is 15.4. The number of esters is 1. The maximum absolute atomic E-state index is 13.5. The summed E-state index contributed by atoms with van der Waals surface area (Å²) in [6.45, 7) is 0.0181. The molecule has 3 heterocycles. The number of urea groups is 1. The minimum atomic E-state index is -0.996. The minimum absolute atomic E-state index is 0.0311. The molecule has 4 rings (SSSR count). The Hall–Kier alpha value is -3.68. The minimum Gasteiger partial charge on any atom is -0.454 e. The van der Waals surface area contributed by atoms with E-state index < -0.39 is 48.3 Å². The van der Waals surface area contributed by atoms with Crippen LogP contribution in [0.3, 0.4) is 0 Å². The number of nitrogens with zero attached hydrogens (tertiary/aromatic N) is 2. The number of Topliss-reactive ketones (excluding diaryl/α,β-unsaturated/α-hetero) is 1. The van der Waals surface area contributed by atoms with Gasteiger partial charge in [0.15, 0.2) is 5.78 Å². The molecule has 5 amide bonds. The number of ketones is 1. The van der Waals surface area contributed by atoms with Crippen molar-refractivity contribution in [2.45, 2.75) is 50.6 Å². The van der Waals surface area contributed by atoms with Gasteiger partial charge in [-0.1, -0.05) is 35.3 Å². The van der Waals surface area contributed by atoms with Gasteiger partial charge in [-0.2, -0.15) is 0 Å². The van der Waals surface area contributed by atoms with Crippen LogP contribution < -0.4 is 16.0 Å². The molecule has 2 aliphatic rings. The van der Waals surface area contributed by atoms with Gasteiger partial charge < -0.3 is 20.7 Å². The summed E-state index contributed by atoms with van der Waals surface area (Å²) in [5, 5.41) is 12.6. The Balaban J connectivity index is 1.28. The normalized spacial score (nSPS) is 18.4. The first-order valence-electron chi connectivity index (χ1n) is 13.8. The standard InChI is InChI=1S/C28H31Cl2N5O7S/c29-19-5-1-6-20(30)24(19)27(40)42-16-17(36)10-12-31-25(38)22-7-2-14-34-23(37)9-8-21(26(39)35(22)34)33-28(41)32-13-11-18-4-3-15-43-18/h1,3-6,15,21-22H,2,7-14,16H2,(H,31,38)(H2,32,33,41)/t21?,22-/m0/s1. The van der Waals surface area contributed by atoms with Crippen molar-refractivity contribution >= 4 is 70.0 Å². The molecule has 2 atom stereocenters. The van der Waals surface area contributed by atoms with Crippen LogP contribution in [-0.2, 0) is 30.3 Å². The summed E-state index contributed by atoms with van der Waals surface area (Å²) in [6, 6.07) is 5.87. The zero-order chi connectivity index (χ0) is 30.9. The van der Waals surface area contributed by atoms with Gasteiger partial charge in [0.1, 0.15) is 18.7 Å². The molecule has 0 aliphatic carbocycles. The van der Waals surface area contributed by atoms with Crippen LogP contribution in [0.25, 0.3) is 0 Å². The molecule has 2 aliphatic heterocycles. The van der Waals surface area contributed by atoms with Crippen molar-refractivity contribution in [1.29, 1.82) is 0 Å². The van der Waals surface area contributed by atoms with Crippen LogP contribution in [0.4, 0.5) is 4.79 Å². The van der Waals surface area contributed by atoms with Crippen LogP contribution >= 0.6 is 34.5 Å². The van der Waals surface area contributed by atoms with Gasteiger partial charge in [-0.15, -0.1) is 11.3 Å². The molecular formula is C28H31Cl2N5O7S. The number of rotatable bonds is 11. The smallest absolute Gasteiger partial charge is 0.341 e. The van der Waals surface area contributed by atoms with Crippen LogP contribution in [0, 0.1) is 0 Å². The largest absolute Gasteiger partial charge is 0.454 e.